The summed E-state index contributed by atoms with van der Waals surface area (Å²) >= 11 is 1.74. The molecule has 5 heteroatoms. The third-order valence-corrected chi connectivity index (χ3v) is 4.75. The zero-order valence-electron chi connectivity index (χ0n) is 13.4. The average molecular weight is 300 g/mol. The molecule has 0 saturated carbocycles. The predicted octanol–water partition coefficient (Wildman–Crippen LogP) is 2.23. The molecule has 0 aliphatic carbocycles. The molecule has 0 unspecified atom stereocenters. The third kappa shape index (κ3) is 5.73. The quantitative estimate of drug-likeness (QED) is 0.799. The van der Waals surface area contributed by atoms with E-state index >= 15 is 0 Å². The van der Waals surface area contributed by atoms with Crippen molar-refractivity contribution in [2.75, 3.05) is 31.9 Å². The van der Waals surface area contributed by atoms with E-state index < -0.39 is 0 Å². The lowest BCUT2D eigenvalue weighted by atomic mass is 9.94. The highest BCUT2D eigenvalue weighted by Crippen LogP contribution is 2.24. The Morgan fingerprint density at radius 2 is 1.60 bits per heavy atom. The van der Waals surface area contributed by atoms with E-state index in [1.165, 1.54) is 0 Å². The van der Waals surface area contributed by atoms with Crippen LogP contribution in [-0.2, 0) is 9.59 Å². The number of hydrogen-bond donors (Lipinski definition) is 0. The SMILES string of the molecule is CC(=O)N1CCN(C(=O)[C@@H](C)SCCC(C)(C)C)CC1. The molecule has 1 aliphatic rings. The van der Waals surface area contributed by atoms with E-state index in [-0.39, 0.29) is 17.1 Å². The van der Waals surface area contributed by atoms with Crippen molar-refractivity contribution in [2.45, 2.75) is 46.3 Å². The fourth-order valence-electron chi connectivity index (χ4n) is 2.11. The Morgan fingerprint density at radius 3 is 2.05 bits per heavy atom. The number of carbonyl (C=O) groups excluding carboxylic acids is 2. The van der Waals surface area contributed by atoms with Crippen LogP contribution in [0.4, 0.5) is 0 Å². The maximum atomic E-state index is 12.3. The number of rotatable bonds is 4. The molecule has 0 N–H and O–H groups in total. The highest BCUT2D eigenvalue weighted by molar-refractivity contribution is 8.00. The van der Waals surface area contributed by atoms with Gasteiger partial charge in [0.25, 0.3) is 0 Å². The van der Waals surface area contributed by atoms with Gasteiger partial charge in [0.1, 0.15) is 0 Å². The van der Waals surface area contributed by atoms with E-state index in [4.69, 9.17) is 0 Å². The largest absolute Gasteiger partial charge is 0.339 e. The van der Waals surface area contributed by atoms with Crippen LogP contribution < -0.4 is 0 Å². The molecule has 1 atom stereocenters. The Balaban J connectivity index is 2.33. The second-order valence-electron chi connectivity index (χ2n) is 6.66. The van der Waals surface area contributed by atoms with Crippen LogP contribution in [0.5, 0.6) is 0 Å². The lowest BCUT2D eigenvalue weighted by Crippen LogP contribution is -2.51. The maximum absolute atomic E-state index is 12.3. The minimum atomic E-state index is 0.0150. The van der Waals surface area contributed by atoms with Crippen molar-refractivity contribution in [3.63, 3.8) is 0 Å². The summed E-state index contributed by atoms with van der Waals surface area (Å²) in [5.41, 5.74) is 0.322. The van der Waals surface area contributed by atoms with E-state index in [1.807, 2.05) is 11.8 Å². The van der Waals surface area contributed by atoms with E-state index in [9.17, 15) is 9.59 Å². The molecule has 0 aromatic rings. The van der Waals surface area contributed by atoms with Gasteiger partial charge in [-0.15, -0.1) is 11.8 Å². The highest BCUT2D eigenvalue weighted by Gasteiger charge is 2.26. The van der Waals surface area contributed by atoms with Crippen LogP contribution in [-0.4, -0.2) is 58.8 Å². The first kappa shape index (κ1) is 17.3. The summed E-state index contributed by atoms with van der Waals surface area (Å²) in [6.45, 7) is 12.9. The average Bonchev–Trinajstić information content (AvgIpc) is 2.36. The molecule has 0 aromatic heterocycles. The van der Waals surface area contributed by atoms with E-state index in [0.717, 1.165) is 12.2 Å². The van der Waals surface area contributed by atoms with E-state index in [0.29, 0.717) is 31.6 Å². The van der Waals surface area contributed by atoms with Crippen LogP contribution in [0.2, 0.25) is 0 Å². The summed E-state index contributed by atoms with van der Waals surface area (Å²) in [6, 6.07) is 0. The first-order valence-corrected chi connectivity index (χ1v) is 8.41. The maximum Gasteiger partial charge on any atom is 0.235 e. The zero-order valence-corrected chi connectivity index (χ0v) is 14.3. The van der Waals surface area contributed by atoms with Crippen LogP contribution >= 0.6 is 11.8 Å². The van der Waals surface area contributed by atoms with Gasteiger partial charge in [0.05, 0.1) is 5.25 Å². The second-order valence-corrected chi connectivity index (χ2v) is 8.10. The molecule has 1 aliphatic heterocycles. The molecule has 2 amide bonds. The first-order valence-electron chi connectivity index (χ1n) is 7.36. The minimum Gasteiger partial charge on any atom is -0.339 e. The molecule has 20 heavy (non-hydrogen) atoms. The van der Waals surface area contributed by atoms with Crippen LogP contribution in [0.1, 0.15) is 41.0 Å². The van der Waals surface area contributed by atoms with Gasteiger partial charge in [0.2, 0.25) is 11.8 Å². The Kier molecular flexibility index (Phi) is 6.37. The Bertz CT molecular complexity index is 344. The zero-order chi connectivity index (χ0) is 15.3. The van der Waals surface area contributed by atoms with Crippen molar-refractivity contribution in [3.05, 3.63) is 0 Å². The molecular formula is C15H28N2O2S. The second kappa shape index (κ2) is 7.34. The summed E-state index contributed by atoms with van der Waals surface area (Å²) < 4.78 is 0. The van der Waals surface area contributed by atoms with Crippen LogP contribution in [0.25, 0.3) is 0 Å². The summed E-state index contributed by atoms with van der Waals surface area (Å²) in [5.74, 6) is 1.33. The normalized spacial score (nSPS) is 18.1. The highest BCUT2D eigenvalue weighted by atomic mass is 32.2. The van der Waals surface area contributed by atoms with E-state index in [2.05, 4.69) is 20.8 Å². The molecule has 1 heterocycles. The van der Waals surface area contributed by atoms with Gasteiger partial charge in [-0.2, -0.15) is 0 Å². The summed E-state index contributed by atoms with van der Waals surface area (Å²) in [7, 11) is 0. The third-order valence-electron chi connectivity index (χ3n) is 3.60. The van der Waals surface area contributed by atoms with Crippen LogP contribution in [0.3, 0.4) is 0 Å². The van der Waals surface area contributed by atoms with Gasteiger partial charge in [0, 0.05) is 33.1 Å². The lowest BCUT2D eigenvalue weighted by molar-refractivity contribution is -0.137. The fourth-order valence-corrected chi connectivity index (χ4v) is 3.49. The van der Waals surface area contributed by atoms with Gasteiger partial charge in [-0.05, 0) is 24.5 Å². The standard InChI is InChI=1S/C15H28N2O2S/c1-12(20-11-6-15(3,4)5)14(19)17-9-7-16(8-10-17)13(2)18/h12H,6-11H2,1-5H3/t12-/m1/s1. The first-order chi connectivity index (χ1) is 9.20. The van der Waals surface area contributed by atoms with Gasteiger partial charge in [-0.25, -0.2) is 0 Å². The molecule has 0 bridgehead atoms. The smallest absolute Gasteiger partial charge is 0.235 e. The van der Waals surface area contributed by atoms with Gasteiger partial charge in [0.15, 0.2) is 0 Å². The monoisotopic (exact) mass is 300 g/mol. The summed E-state index contributed by atoms with van der Waals surface area (Å²) in [5, 5.41) is 0.0150. The number of piperazine rings is 1. The predicted molar refractivity (Wildman–Crippen MR) is 84.8 cm³/mol. The molecule has 4 nitrogen and oxygen atoms in total. The van der Waals surface area contributed by atoms with Crippen molar-refractivity contribution in [1.82, 2.24) is 9.80 Å². The van der Waals surface area contributed by atoms with Crippen molar-refractivity contribution >= 4 is 23.6 Å². The number of carbonyl (C=O) groups is 2. The summed E-state index contributed by atoms with van der Waals surface area (Å²) in [6.07, 6.45) is 1.12. The van der Waals surface area contributed by atoms with Gasteiger partial charge in [-0.3, -0.25) is 9.59 Å². The van der Waals surface area contributed by atoms with Crippen LogP contribution in [0, 0.1) is 5.41 Å². The number of amides is 2. The molecule has 0 radical (unpaired) electrons. The van der Waals surface area contributed by atoms with Crippen molar-refractivity contribution < 1.29 is 9.59 Å². The molecular weight excluding hydrogens is 272 g/mol. The van der Waals surface area contributed by atoms with Gasteiger partial charge < -0.3 is 9.80 Å². The van der Waals surface area contributed by atoms with Gasteiger partial charge >= 0.3 is 0 Å². The van der Waals surface area contributed by atoms with E-state index in [1.54, 1.807) is 23.6 Å². The molecule has 1 fully saturated rings. The molecule has 1 rings (SSSR count). The number of nitrogens with zero attached hydrogens (tertiary/aromatic N) is 2. The van der Waals surface area contributed by atoms with Crippen molar-refractivity contribution in [3.8, 4) is 0 Å². The minimum absolute atomic E-state index is 0.0150. The Labute approximate surface area is 127 Å². The molecule has 116 valence electrons. The lowest BCUT2D eigenvalue weighted by Gasteiger charge is -2.35. The fraction of sp³-hybridized carbons (Fsp3) is 0.867. The number of hydrogen-bond acceptors (Lipinski definition) is 3. The Hall–Kier alpha value is -0.710. The number of thioether (sulfide) groups is 1. The molecule has 0 aromatic carbocycles. The topological polar surface area (TPSA) is 40.6 Å². The van der Waals surface area contributed by atoms with Crippen LogP contribution in [0.15, 0.2) is 0 Å². The Morgan fingerprint density at radius 1 is 1.10 bits per heavy atom. The molecule has 1 saturated heterocycles. The molecule has 0 spiro atoms. The summed E-state index contributed by atoms with van der Waals surface area (Å²) in [4.78, 5) is 27.3. The van der Waals surface area contributed by atoms with Crippen molar-refractivity contribution in [1.29, 1.82) is 0 Å². The van der Waals surface area contributed by atoms with Gasteiger partial charge in [-0.1, -0.05) is 20.8 Å². The van der Waals surface area contributed by atoms with Crippen molar-refractivity contribution in [2.24, 2.45) is 5.41 Å².